The average molecular weight is 353 g/mol. The number of rotatable bonds is 2. The molecule has 0 saturated carbocycles. The fourth-order valence-electron chi connectivity index (χ4n) is 4.25. The molecule has 3 fully saturated rings. The molecule has 4 heterocycles. The third kappa shape index (κ3) is 2.75. The van der Waals surface area contributed by atoms with Crippen LogP contribution in [0.25, 0.3) is 0 Å². The van der Waals surface area contributed by atoms with E-state index < -0.39 is 10.0 Å². The van der Waals surface area contributed by atoms with Gasteiger partial charge in [0.2, 0.25) is 15.8 Å². The smallest absolute Gasteiger partial charge is 0.293 e. The molecular weight excluding hydrogens is 330 g/mol. The number of aryl methyl sites for hydroxylation is 1. The van der Waals surface area contributed by atoms with Gasteiger partial charge in [0.15, 0.2) is 0 Å². The molecule has 1 aromatic rings. The second kappa shape index (κ2) is 5.84. The van der Waals surface area contributed by atoms with Crippen LogP contribution < -0.4 is 0 Å². The number of aromatic nitrogens is 1. The van der Waals surface area contributed by atoms with Crippen LogP contribution in [0.15, 0.2) is 4.52 Å². The van der Waals surface area contributed by atoms with Gasteiger partial charge in [0.05, 0.1) is 11.9 Å². The lowest BCUT2D eigenvalue weighted by molar-refractivity contribution is 0.0545. The summed E-state index contributed by atoms with van der Waals surface area (Å²) >= 11 is 0. The molecule has 7 nitrogen and oxygen atoms in total. The van der Waals surface area contributed by atoms with Crippen molar-refractivity contribution < 1.29 is 17.7 Å². The first-order valence-electron chi connectivity index (χ1n) is 8.67. The fraction of sp³-hybridized carbons (Fsp3) is 0.750. The van der Waals surface area contributed by atoms with Gasteiger partial charge in [-0.05, 0) is 44.4 Å². The molecule has 0 N–H and O–H groups in total. The first-order chi connectivity index (χ1) is 11.4. The summed E-state index contributed by atoms with van der Waals surface area (Å²) in [7, 11) is -3.23. The zero-order valence-electron chi connectivity index (χ0n) is 13.9. The zero-order valence-corrected chi connectivity index (χ0v) is 14.7. The summed E-state index contributed by atoms with van der Waals surface area (Å²) in [6.45, 7) is 1.50. The van der Waals surface area contributed by atoms with Crippen LogP contribution in [0.3, 0.4) is 0 Å². The number of piperidine rings is 1. The summed E-state index contributed by atoms with van der Waals surface area (Å²) in [4.78, 5) is 14.9. The maximum atomic E-state index is 13.1. The van der Waals surface area contributed by atoms with Crippen molar-refractivity contribution in [3.05, 3.63) is 17.0 Å². The van der Waals surface area contributed by atoms with Gasteiger partial charge >= 0.3 is 0 Å². The molecule has 2 atom stereocenters. The number of carbonyl (C=O) groups is 1. The maximum Gasteiger partial charge on any atom is 0.293 e. The van der Waals surface area contributed by atoms with Crippen LogP contribution in [0.4, 0.5) is 0 Å². The van der Waals surface area contributed by atoms with Crippen LogP contribution in [0, 0.1) is 5.92 Å². The average Bonchev–Trinajstić information content (AvgIpc) is 2.74. The molecule has 2 bridgehead atoms. The lowest BCUT2D eigenvalue weighted by Gasteiger charge is -2.35. The fourth-order valence-corrected chi connectivity index (χ4v) is 5.17. The van der Waals surface area contributed by atoms with Crippen LogP contribution in [0.1, 0.15) is 47.5 Å². The maximum absolute atomic E-state index is 13.1. The quantitative estimate of drug-likeness (QED) is 0.793. The highest BCUT2D eigenvalue weighted by Gasteiger charge is 2.41. The summed E-state index contributed by atoms with van der Waals surface area (Å²) in [5.74, 6) is 0.458. The SMILES string of the molecule is CS(=O)(=O)N1C[C@H]2CC[C@@H](C1)N(C(=O)c1onc3c1CCCC3)C2. The highest BCUT2D eigenvalue weighted by Crippen LogP contribution is 2.32. The number of sulfonamides is 1. The molecule has 0 spiro atoms. The minimum absolute atomic E-state index is 0.0738. The van der Waals surface area contributed by atoms with E-state index in [0.717, 1.165) is 49.8 Å². The standard InChI is InChI=1S/C16H23N3O4S/c1-24(21,22)18-8-11-6-7-12(10-18)19(9-11)16(20)15-13-4-2-3-5-14(13)17-23-15/h11-12H,2-10H2,1H3/t11-,12+/m1/s1. The molecule has 8 heteroatoms. The molecule has 24 heavy (non-hydrogen) atoms. The van der Waals surface area contributed by atoms with Crippen LogP contribution in [0.2, 0.25) is 0 Å². The molecule has 0 unspecified atom stereocenters. The molecule has 132 valence electrons. The summed E-state index contributed by atoms with van der Waals surface area (Å²) < 4.78 is 30.8. The Kier molecular flexibility index (Phi) is 3.91. The molecule has 5 rings (SSSR count). The zero-order chi connectivity index (χ0) is 16.9. The van der Waals surface area contributed by atoms with Crippen molar-refractivity contribution in [3.63, 3.8) is 0 Å². The first kappa shape index (κ1) is 16.1. The van der Waals surface area contributed by atoms with Crippen LogP contribution >= 0.6 is 0 Å². The van der Waals surface area contributed by atoms with Crippen molar-refractivity contribution in [2.24, 2.45) is 5.92 Å². The van der Waals surface area contributed by atoms with Crippen molar-refractivity contribution in [2.75, 3.05) is 25.9 Å². The third-order valence-corrected chi connectivity index (χ3v) is 6.80. The lowest BCUT2D eigenvalue weighted by atomic mass is 9.93. The lowest BCUT2D eigenvalue weighted by Crippen LogP contribution is -2.47. The van der Waals surface area contributed by atoms with Gasteiger partial charge in [-0.15, -0.1) is 0 Å². The molecule has 3 saturated heterocycles. The van der Waals surface area contributed by atoms with E-state index in [9.17, 15) is 13.2 Å². The van der Waals surface area contributed by atoms with Crippen molar-refractivity contribution >= 4 is 15.9 Å². The van der Waals surface area contributed by atoms with E-state index in [1.54, 1.807) is 0 Å². The Labute approximate surface area is 142 Å². The Bertz CT molecular complexity index is 757. The second-order valence-electron chi connectivity index (χ2n) is 7.28. The van der Waals surface area contributed by atoms with Crippen molar-refractivity contribution in [1.29, 1.82) is 0 Å². The van der Waals surface area contributed by atoms with Gasteiger partial charge in [0.1, 0.15) is 0 Å². The number of hydrogen-bond acceptors (Lipinski definition) is 5. The van der Waals surface area contributed by atoms with Gasteiger partial charge < -0.3 is 9.42 Å². The van der Waals surface area contributed by atoms with E-state index in [0.29, 0.717) is 25.4 Å². The summed E-state index contributed by atoms with van der Waals surface area (Å²) in [6.07, 6.45) is 6.93. The number of carbonyl (C=O) groups excluding carboxylic acids is 1. The minimum Gasteiger partial charge on any atom is -0.350 e. The van der Waals surface area contributed by atoms with E-state index in [-0.39, 0.29) is 17.9 Å². The Balaban J connectivity index is 1.61. The highest BCUT2D eigenvalue weighted by molar-refractivity contribution is 7.88. The highest BCUT2D eigenvalue weighted by atomic mass is 32.2. The van der Waals surface area contributed by atoms with E-state index in [4.69, 9.17) is 4.52 Å². The molecular formula is C16H23N3O4S. The first-order valence-corrected chi connectivity index (χ1v) is 10.5. The second-order valence-corrected chi connectivity index (χ2v) is 9.26. The van der Waals surface area contributed by atoms with E-state index >= 15 is 0 Å². The number of amides is 1. The monoisotopic (exact) mass is 353 g/mol. The largest absolute Gasteiger partial charge is 0.350 e. The predicted molar refractivity (Wildman–Crippen MR) is 87.1 cm³/mol. The molecule has 0 aromatic carbocycles. The summed E-state index contributed by atoms with van der Waals surface area (Å²) in [5.41, 5.74) is 1.88. The molecule has 1 amide bonds. The Morgan fingerprint density at radius 1 is 1.17 bits per heavy atom. The predicted octanol–water partition coefficient (Wildman–Crippen LogP) is 1.05. The van der Waals surface area contributed by atoms with Gasteiger partial charge in [-0.25, -0.2) is 8.42 Å². The molecule has 1 aliphatic carbocycles. The number of nitrogens with zero attached hydrogens (tertiary/aromatic N) is 3. The third-order valence-electron chi connectivity index (χ3n) is 5.56. The van der Waals surface area contributed by atoms with Gasteiger partial charge in [-0.3, -0.25) is 4.79 Å². The Hall–Kier alpha value is -1.41. The molecule has 4 aliphatic rings. The van der Waals surface area contributed by atoms with Gasteiger partial charge in [0, 0.05) is 31.2 Å². The van der Waals surface area contributed by atoms with Crippen LogP contribution in [-0.2, 0) is 22.9 Å². The van der Waals surface area contributed by atoms with Crippen molar-refractivity contribution in [2.45, 2.75) is 44.6 Å². The van der Waals surface area contributed by atoms with E-state index in [1.807, 2.05) is 4.90 Å². The summed E-state index contributed by atoms with van der Waals surface area (Å²) in [6, 6.07) is -0.0738. The number of hydrogen-bond donors (Lipinski definition) is 0. The molecule has 3 aliphatic heterocycles. The number of fused-ring (bicyclic) bond motifs is 5. The van der Waals surface area contributed by atoms with Gasteiger partial charge in [-0.1, -0.05) is 5.16 Å². The minimum atomic E-state index is -3.23. The van der Waals surface area contributed by atoms with Crippen molar-refractivity contribution in [3.8, 4) is 0 Å². The molecule has 1 aromatic heterocycles. The topological polar surface area (TPSA) is 83.7 Å². The molecule has 0 radical (unpaired) electrons. The summed E-state index contributed by atoms with van der Waals surface area (Å²) in [5, 5.41) is 4.08. The van der Waals surface area contributed by atoms with Crippen LogP contribution in [0.5, 0.6) is 0 Å². The Morgan fingerprint density at radius 3 is 2.75 bits per heavy atom. The van der Waals surface area contributed by atoms with E-state index in [2.05, 4.69) is 5.16 Å². The Morgan fingerprint density at radius 2 is 1.96 bits per heavy atom. The normalized spacial score (nSPS) is 27.8. The van der Waals surface area contributed by atoms with E-state index in [1.165, 1.54) is 10.6 Å². The van der Waals surface area contributed by atoms with Crippen LogP contribution in [-0.4, -0.2) is 60.6 Å². The van der Waals surface area contributed by atoms with Gasteiger partial charge in [-0.2, -0.15) is 4.31 Å². The van der Waals surface area contributed by atoms with Gasteiger partial charge in [0.25, 0.3) is 5.91 Å². The van der Waals surface area contributed by atoms with Crippen molar-refractivity contribution in [1.82, 2.24) is 14.4 Å².